The van der Waals surface area contributed by atoms with Crippen LogP contribution in [0.1, 0.15) is 24.8 Å². The first-order valence-corrected chi connectivity index (χ1v) is 4.74. The molecule has 1 heterocycles. The lowest BCUT2D eigenvalue weighted by Crippen LogP contribution is -2.27. The van der Waals surface area contributed by atoms with Crippen LogP contribution in [-0.2, 0) is 0 Å². The number of nitrogens with zero attached hydrogens (tertiary/aromatic N) is 1. The van der Waals surface area contributed by atoms with Gasteiger partial charge in [0.05, 0.1) is 11.9 Å². The quantitative estimate of drug-likeness (QED) is 0.725. The maximum Gasteiger partial charge on any atom is 0.126 e. The second kappa shape index (κ2) is 3.24. The van der Waals surface area contributed by atoms with Gasteiger partial charge < -0.3 is 11.1 Å². The second-order valence-corrected chi connectivity index (χ2v) is 3.70. The van der Waals surface area contributed by atoms with E-state index in [1.165, 1.54) is 19.3 Å². The minimum atomic E-state index is 0.635. The van der Waals surface area contributed by atoms with Gasteiger partial charge in [-0.3, -0.25) is 0 Å². The molecule has 1 aliphatic carbocycles. The molecule has 1 aliphatic rings. The van der Waals surface area contributed by atoms with Crippen molar-refractivity contribution in [1.82, 2.24) is 4.98 Å². The number of aryl methyl sites for hydroxylation is 1. The summed E-state index contributed by atoms with van der Waals surface area (Å²) in [5, 5.41) is 3.38. The SMILES string of the molecule is Cc1cc(NC2CCC2)ncc1N. The number of pyridine rings is 1. The normalized spacial score (nSPS) is 16.7. The molecular weight excluding hydrogens is 162 g/mol. The monoisotopic (exact) mass is 177 g/mol. The molecule has 3 N–H and O–H groups in total. The van der Waals surface area contributed by atoms with Gasteiger partial charge in [-0.2, -0.15) is 0 Å². The van der Waals surface area contributed by atoms with Crippen LogP contribution in [0.4, 0.5) is 11.5 Å². The van der Waals surface area contributed by atoms with Crippen LogP contribution in [0.15, 0.2) is 12.3 Å². The van der Waals surface area contributed by atoms with Gasteiger partial charge in [-0.05, 0) is 37.8 Å². The fourth-order valence-electron chi connectivity index (χ4n) is 1.41. The molecule has 0 bridgehead atoms. The van der Waals surface area contributed by atoms with Crippen molar-refractivity contribution in [3.05, 3.63) is 17.8 Å². The minimum Gasteiger partial charge on any atom is -0.397 e. The summed E-state index contributed by atoms with van der Waals surface area (Å²) in [6.07, 6.45) is 5.60. The molecule has 0 amide bonds. The highest BCUT2D eigenvalue weighted by Crippen LogP contribution is 2.23. The van der Waals surface area contributed by atoms with E-state index in [0.717, 1.165) is 17.1 Å². The standard InChI is InChI=1S/C10H15N3/c1-7-5-10(12-6-9(7)11)13-8-3-2-4-8/h5-6,8H,2-4,11H2,1H3,(H,12,13). The van der Waals surface area contributed by atoms with Gasteiger partial charge in [0.2, 0.25) is 0 Å². The van der Waals surface area contributed by atoms with Gasteiger partial charge in [-0.25, -0.2) is 4.98 Å². The van der Waals surface area contributed by atoms with Crippen molar-refractivity contribution >= 4 is 11.5 Å². The first-order valence-electron chi connectivity index (χ1n) is 4.74. The Labute approximate surface area is 78.4 Å². The molecule has 13 heavy (non-hydrogen) atoms. The zero-order valence-corrected chi connectivity index (χ0v) is 7.88. The van der Waals surface area contributed by atoms with E-state index in [1.807, 2.05) is 13.0 Å². The van der Waals surface area contributed by atoms with Crippen molar-refractivity contribution in [3.63, 3.8) is 0 Å². The van der Waals surface area contributed by atoms with E-state index < -0.39 is 0 Å². The van der Waals surface area contributed by atoms with Crippen LogP contribution in [0.2, 0.25) is 0 Å². The molecule has 1 fully saturated rings. The summed E-state index contributed by atoms with van der Waals surface area (Å²) in [6, 6.07) is 2.64. The zero-order chi connectivity index (χ0) is 9.26. The summed E-state index contributed by atoms with van der Waals surface area (Å²) in [4.78, 5) is 4.22. The average molecular weight is 177 g/mol. The van der Waals surface area contributed by atoms with E-state index >= 15 is 0 Å². The minimum absolute atomic E-state index is 0.635. The molecule has 1 saturated carbocycles. The number of nitrogens with one attached hydrogen (secondary N) is 1. The van der Waals surface area contributed by atoms with Crippen LogP contribution >= 0.6 is 0 Å². The summed E-state index contributed by atoms with van der Waals surface area (Å²) >= 11 is 0. The van der Waals surface area contributed by atoms with Crippen LogP contribution in [0, 0.1) is 6.92 Å². The number of rotatable bonds is 2. The predicted octanol–water partition coefficient (Wildman–Crippen LogP) is 1.94. The van der Waals surface area contributed by atoms with Crippen molar-refractivity contribution in [2.24, 2.45) is 0 Å². The Bertz CT molecular complexity index is 305. The maximum atomic E-state index is 5.68. The van der Waals surface area contributed by atoms with Gasteiger partial charge in [-0.15, -0.1) is 0 Å². The lowest BCUT2D eigenvalue weighted by Gasteiger charge is -2.27. The fraction of sp³-hybridized carbons (Fsp3) is 0.500. The lowest BCUT2D eigenvalue weighted by atomic mass is 9.93. The van der Waals surface area contributed by atoms with Gasteiger partial charge >= 0.3 is 0 Å². The molecule has 3 heteroatoms. The van der Waals surface area contributed by atoms with Crippen molar-refractivity contribution < 1.29 is 0 Å². The van der Waals surface area contributed by atoms with Crippen LogP contribution in [0.25, 0.3) is 0 Å². The number of hydrogen-bond acceptors (Lipinski definition) is 3. The van der Waals surface area contributed by atoms with Crippen LogP contribution in [0.5, 0.6) is 0 Å². The number of anilines is 2. The third-order valence-corrected chi connectivity index (χ3v) is 2.61. The predicted molar refractivity (Wildman–Crippen MR) is 54.6 cm³/mol. The van der Waals surface area contributed by atoms with Gasteiger partial charge in [0.1, 0.15) is 5.82 Å². The van der Waals surface area contributed by atoms with Crippen molar-refractivity contribution in [2.45, 2.75) is 32.2 Å². The van der Waals surface area contributed by atoms with Crippen molar-refractivity contribution in [3.8, 4) is 0 Å². The molecule has 0 atom stereocenters. The van der Waals surface area contributed by atoms with Gasteiger partial charge in [-0.1, -0.05) is 0 Å². The first-order chi connectivity index (χ1) is 6.25. The fourth-order valence-corrected chi connectivity index (χ4v) is 1.41. The molecule has 0 radical (unpaired) electrons. The van der Waals surface area contributed by atoms with E-state index in [1.54, 1.807) is 6.20 Å². The molecule has 1 aromatic heterocycles. The smallest absolute Gasteiger partial charge is 0.126 e. The van der Waals surface area contributed by atoms with E-state index in [2.05, 4.69) is 10.3 Å². The number of nitrogens with two attached hydrogens (primary N) is 1. The average Bonchev–Trinajstić information content (AvgIpc) is 2.04. The molecule has 3 nitrogen and oxygen atoms in total. The van der Waals surface area contributed by atoms with E-state index in [9.17, 15) is 0 Å². The van der Waals surface area contributed by atoms with Gasteiger partial charge in [0.15, 0.2) is 0 Å². The highest BCUT2D eigenvalue weighted by atomic mass is 15.0. The Morgan fingerprint density at radius 1 is 1.54 bits per heavy atom. The van der Waals surface area contributed by atoms with Crippen LogP contribution < -0.4 is 11.1 Å². The summed E-state index contributed by atoms with van der Waals surface area (Å²) in [6.45, 7) is 2.00. The van der Waals surface area contributed by atoms with Crippen molar-refractivity contribution in [2.75, 3.05) is 11.1 Å². The van der Waals surface area contributed by atoms with Gasteiger partial charge in [0, 0.05) is 6.04 Å². The topological polar surface area (TPSA) is 50.9 Å². The molecule has 0 aromatic carbocycles. The Kier molecular flexibility index (Phi) is 2.08. The molecule has 2 rings (SSSR count). The van der Waals surface area contributed by atoms with E-state index in [-0.39, 0.29) is 0 Å². The third kappa shape index (κ3) is 1.74. The van der Waals surface area contributed by atoms with Crippen molar-refractivity contribution in [1.29, 1.82) is 0 Å². The second-order valence-electron chi connectivity index (χ2n) is 3.70. The van der Waals surface area contributed by atoms with Crippen LogP contribution in [-0.4, -0.2) is 11.0 Å². The third-order valence-electron chi connectivity index (χ3n) is 2.61. The molecule has 0 aliphatic heterocycles. The number of nitrogen functional groups attached to an aromatic ring is 1. The Morgan fingerprint density at radius 3 is 2.85 bits per heavy atom. The molecule has 1 aromatic rings. The number of hydrogen-bond donors (Lipinski definition) is 2. The first kappa shape index (κ1) is 8.35. The summed E-state index contributed by atoms with van der Waals surface area (Å²) in [5.74, 6) is 0.955. The Hall–Kier alpha value is -1.25. The van der Waals surface area contributed by atoms with Gasteiger partial charge in [0.25, 0.3) is 0 Å². The van der Waals surface area contributed by atoms with E-state index in [4.69, 9.17) is 5.73 Å². The highest BCUT2D eigenvalue weighted by Gasteiger charge is 2.17. The lowest BCUT2D eigenvalue weighted by molar-refractivity contribution is 0.444. The zero-order valence-electron chi connectivity index (χ0n) is 7.88. The summed E-state index contributed by atoms with van der Waals surface area (Å²) in [7, 11) is 0. The number of aromatic nitrogens is 1. The highest BCUT2D eigenvalue weighted by molar-refractivity contribution is 5.51. The van der Waals surface area contributed by atoms with E-state index in [0.29, 0.717) is 6.04 Å². The Morgan fingerprint density at radius 2 is 2.31 bits per heavy atom. The molecular formula is C10H15N3. The summed E-state index contributed by atoms with van der Waals surface area (Å²) < 4.78 is 0. The largest absolute Gasteiger partial charge is 0.397 e. The summed E-state index contributed by atoms with van der Waals surface area (Å²) in [5.41, 5.74) is 7.53. The maximum absolute atomic E-state index is 5.68. The molecule has 0 unspecified atom stereocenters. The molecule has 0 saturated heterocycles. The molecule has 70 valence electrons. The van der Waals surface area contributed by atoms with Crippen LogP contribution in [0.3, 0.4) is 0 Å². The molecule has 0 spiro atoms. The Balaban J connectivity index is 2.07.